The topological polar surface area (TPSA) is 152 Å². The van der Waals surface area contributed by atoms with Gasteiger partial charge in [-0.05, 0) is 6.42 Å². The van der Waals surface area contributed by atoms with Crippen LogP contribution in [0, 0.1) is 0 Å². The van der Waals surface area contributed by atoms with E-state index in [1.165, 1.54) is 4.90 Å². The molecule has 11 nitrogen and oxygen atoms in total. The summed E-state index contributed by atoms with van der Waals surface area (Å²) in [7, 11) is -3.05. The van der Waals surface area contributed by atoms with E-state index >= 15 is 0 Å². The first-order chi connectivity index (χ1) is 12.3. The van der Waals surface area contributed by atoms with E-state index in [-0.39, 0.29) is 65.7 Å². The summed E-state index contributed by atoms with van der Waals surface area (Å²) in [6.45, 7) is 0.334. The van der Waals surface area contributed by atoms with Crippen LogP contribution < -0.4 is 10.6 Å². The highest BCUT2D eigenvalue weighted by Crippen LogP contribution is 2.18. The van der Waals surface area contributed by atoms with Gasteiger partial charge in [-0.2, -0.15) is 0 Å². The predicted octanol–water partition coefficient (Wildman–Crippen LogP) is -1.09. The quantitative estimate of drug-likeness (QED) is 0.564. The van der Waals surface area contributed by atoms with Crippen molar-refractivity contribution in [3.63, 3.8) is 0 Å². The zero-order valence-corrected chi connectivity index (χ0v) is 15.3. The first kappa shape index (κ1) is 18.6. The van der Waals surface area contributed by atoms with E-state index in [0.717, 1.165) is 11.8 Å². The van der Waals surface area contributed by atoms with Crippen molar-refractivity contribution in [2.24, 2.45) is 0 Å². The Morgan fingerprint density at radius 3 is 2.88 bits per heavy atom. The van der Waals surface area contributed by atoms with Crippen molar-refractivity contribution >= 4 is 39.4 Å². The van der Waals surface area contributed by atoms with Crippen molar-refractivity contribution in [2.75, 3.05) is 23.8 Å². The Bertz CT molecular complexity index is 823. The molecule has 2 fully saturated rings. The second kappa shape index (κ2) is 7.61. The molecule has 0 aromatic carbocycles. The molecule has 1 aromatic rings. The fraction of sp³-hybridized carbons (Fsp3) is 0.615. The summed E-state index contributed by atoms with van der Waals surface area (Å²) >= 11 is 1.02. The first-order valence-electron chi connectivity index (χ1n) is 7.84. The molecule has 1 unspecified atom stereocenters. The molecular weight excluding hydrogens is 386 g/mol. The number of carbonyl (C=O) groups is 3. The molecule has 2 N–H and O–H groups in total. The Balaban J connectivity index is 1.44. The van der Waals surface area contributed by atoms with Crippen LogP contribution in [0.3, 0.4) is 0 Å². The van der Waals surface area contributed by atoms with Crippen molar-refractivity contribution in [3.05, 3.63) is 5.89 Å². The van der Waals surface area contributed by atoms with E-state index in [1.807, 2.05) is 0 Å². The summed E-state index contributed by atoms with van der Waals surface area (Å²) in [5.41, 5.74) is 0. The maximum Gasteiger partial charge on any atom is 0.324 e. The maximum atomic E-state index is 11.9. The first-order valence-corrected chi connectivity index (χ1v) is 10.7. The Labute approximate surface area is 153 Å². The molecule has 2 aliphatic rings. The Morgan fingerprint density at radius 2 is 2.19 bits per heavy atom. The lowest BCUT2D eigenvalue weighted by atomic mass is 10.3. The number of rotatable bonds is 6. The molecule has 0 radical (unpaired) electrons. The van der Waals surface area contributed by atoms with E-state index < -0.39 is 15.9 Å². The van der Waals surface area contributed by atoms with E-state index in [9.17, 15) is 22.8 Å². The average Bonchev–Trinajstić information content (AvgIpc) is 3.14. The summed E-state index contributed by atoms with van der Waals surface area (Å²) < 4.78 is 28.1. The van der Waals surface area contributed by atoms with Gasteiger partial charge in [0.05, 0.1) is 17.3 Å². The van der Waals surface area contributed by atoms with E-state index in [4.69, 9.17) is 4.42 Å². The van der Waals surface area contributed by atoms with Crippen LogP contribution in [0.25, 0.3) is 0 Å². The Kier molecular flexibility index (Phi) is 5.46. The molecule has 13 heteroatoms. The number of sulfone groups is 1. The monoisotopic (exact) mass is 403 g/mol. The van der Waals surface area contributed by atoms with Crippen LogP contribution in [0.2, 0.25) is 0 Å². The highest BCUT2D eigenvalue weighted by atomic mass is 32.2. The number of thioether (sulfide) groups is 1. The SMILES string of the molecule is O=C1CCN(Cc2nnc(SCC(=O)NC3CCS(=O)(=O)C3)o2)C(=O)N1. The lowest BCUT2D eigenvalue weighted by Crippen LogP contribution is -2.48. The van der Waals surface area contributed by atoms with Crippen molar-refractivity contribution < 1.29 is 27.2 Å². The number of nitrogens with zero attached hydrogens (tertiary/aromatic N) is 3. The van der Waals surface area contributed by atoms with Gasteiger partial charge in [0.2, 0.25) is 17.7 Å². The van der Waals surface area contributed by atoms with Gasteiger partial charge in [0.15, 0.2) is 9.84 Å². The molecule has 1 aromatic heterocycles. The molecule has 3 heterocycles. The average molecular weight is 403 g/mol. The molecule has 26 heavy (non-hydrogen) atoms. The highest BCUT2D eigenvalue weighted by Gasteiger charge is 2.29. The Hall–Kier alpha value is -2.15. The molecule has 0 aliphatic carbocycles. The third kappa shape index (κ3) is 4.94. The molecule has 4 amide bonds. The fourth-order valence-electron chi connectivity index (χ4n) is 2.58. The Morgan fingerprint density at radius 1 is 1.38 bits per heavy atom. The van der Waals surface area contributed by atoms with Crippen molar-refractivity contribution in [2.45, 2.75) is 30.7 Å². The molecule has 0 spiro atoms. The summed E-state index contributed by atoms with van der Waals surface area (Å²) in [6, 6.07) is -0.869. The number of urea groups is 1. The van der Waals surface area contributed by atoms with Crippen LogP contribution in [-0.2, 0) is 26.0 Å². The number of hydrogen-bond donors (Lipinski definition) is 2. The maximum absolute atomic E-state index is 11.9. The van der Waals surface area contributed by atoms with Gasteiger partial charge in [-0.1, -0.05) is 11.8 Å². The number of aromatic nitrogens is 2. The number of nitrogens with one attached hydrogen (secondary N) is 2. The third-order valence-electron chi connectivity index (χ3n) is 3.84. The fourth-order valence-corrected chi connectivity index (χ4v) is 4.84. The zero-order chi connectivity index (χ0) is 18.7. The third-order valence-corrected chi connectivity index (χ3v) is 6.43. The predicted molar refractivity (Wildman–Crippen MR) is 88.8 cm³/mol. The van der Waals surface area contributed by atoms with Gasteiger partial charge in [0.1, 0.15) is 6.54 Å². The number of imide groups is 1. The van der Waals surface area contributed by atoms with Gasteiger partial charge < -0.3 is 14.6 Å². The number of hydrogen-bond acceptors (Lipinski definition) is 9. The van der Waals surface area contributed by atoms with Gasteiger partial charge in [0, 0.05) is 19.0 Å². The van der Waals surface area contributed by atoms with E-state index in [1.54, 1.807) is 0 Å². The summed E-state index contributed by atoms with van der Waals surface area (Å²) in [5, 5.41) is 12.6. The van der Waals surface area contributed by atoms with Gasteiger partial charge in [0.25, 0.3) is 5.22 Å². The lowest BCUT2D eigenvalue weighted by molar-refractivity contribution is -0.121. The summed E-state index contributed by atoms with van der Waals surface area (Å²) in [5.74, 6) is -0.377. The molecular formula is C13H17N5O6S2. The van der Waals surface area contributed by atoms with E-state index in [2.05, 4.69) is 20.8 Å². The zero-order valence-electron chi connectivity index (χ0n) is 13.6. The molecule has 2 saturated heterocycles. The minimum Gasteiger partial charge on any atom is -0.414 e. The van der Waals surface area contributed by atoms with Crippen LogP contribution in [0.1, 0.15) is 18.7 Å². The molecule has 2 aliphatic heterocycles. The summed E-state index contributed by atoms with van der Waals surface area (Å²) in [4.78, 5) is 36.0. The summed E-state index contributed by atoms with van der Waals surface area (Å²) in [6.07, 6.45) is 0.627. The van der Waals surface area contributed by atoms with Crippen LogP contribution in [0.4, 0.5) is 4.79 Å². The number of carbonyl (C=O) groups excluding carboxylic acids is 3. The second-order valence-electron chi connectivity index (χ2n) is 5.94. The molecule has 1 atom stereocenters. The van der Waals surface area contributed by atoms with E-state index in [0.29, 0.717) is 6.42 Å². The van der Waals surface area contributed by atoms with Gasteiger partial charge in [-0.3, -0.25) is 14.9 Å². The lowest BCUT2D eigenvalue weighted by Gasteiger charge is -2.24. The molecule has 142 valence electrons. The van der Waals surface area contributed by atoms with Crippen LogP contribution >= 0.6 is 11.8 Å². The van der Waals surface area contributed by atoms with Crippen LogP contribution in [-0.4, -0.2) is 71.2 Å². The second-order valence-corrected chi connectivity index (χ2v) is 9.10. The van der Waals surface area contributed by atoms with Crippen molar-refractivity contribution in [1.82, 2.24) is 25.7 Å². The van der Waals surface area contributed by atoms with Crippen LogP contribution in [0.15, 0.2) is 9.64 Å². The normalized spacial score (nSPS) is 22.3. The smallest absolute Gasteiger partial charge is 0.324 e. The van der Waals surface area contributed by atoms with Crippen LogP contribution in [0.5, 0.6) is 0 Å². The van der Waals surface area contributed by atoms with Crippen molar-refractivity contribution in [1.29, 1.82) is 0 Å². The van der Waals surface area contributed by atoms with Gasteiger partial charge in [-0.25, -0.2) is 13.2 Å². The minimum atomic E-state index is -3.05. The molecule has 0 saturated carbocycles. The minimum absolute atomic E-state index is 0.0108. The highest BCUT2D eigenvalue weighted by molar-refractivity contribution is 7.99. The van der Waals surface area contributed by atoms with Crippen molar-refractivity contribution in [3.8, 4) is 0 Å². The molecule has 0 bridgehead atoms. The largest absolute Gasteiger partial charge is 0.414 e. The number of amides is 4. The van der Waals surface area contributed by atoms with Gasteiger partial charge >= 0.3 is 6.03 Å². The van der Waals surface area contributed by atoms with Gasteiger partial charge in [-0.15, -0.1) is 10.2 Å². The molecule has 3 rings (SSSR count). The standard InChI is InChI=1S/C13H17N5O6S2/c19-9-1-3-18(12(21)15-9)5-11-16-17-13(24-11)25-6-10(20)14-8-2-4-26(22,23)7-8/h8H,1-7H2,(H,14,20)(H,15,19,21).